The van der Waals surface area contributed by atoms with Crippen LogP contribution in [0.4, 0.5) is 5.00 Å². The second kappa shape index (κ2) is 10.8. The fraction of sp³-hybridized carbons (Fsp3) is 0.136. The Labute approximate surface area is 182 Å². The van der Waals surface area contributed by atoms with E-state index in [2.05, 4.69) is 5.32 Å². The van der Waals surface area contributed by atoms with E-state index in [1.165, 1.54) is 12.1 Å². The van der Waals surface area contributed by atoms with Gasteiger partial charge in [0, 0.05) is 0 Å². The highest BCUT2D eigenvalue weighted by Crippen LogP contribution is 2.23. The van der Waals surface area contributed by atoms with Gasteiger partial charge in [0.05, 0.1) is 5.56 Å². The minimum absolute atomic E-state index is 0.184. The normalized spacial score (nSPS) is 10.2. The average molecular weight is 440 g/mol. The Morgan fingerprint density at radius 1 is 0.871 bits per heavy atom. The van der Waals surface area contributed by atoms with E-state index in [4.69, 9.17) is 19.9 Å². The molecular formula is C22H20N2O6S. The summed E-state index contributed by atoms with van der Waals surface area (Å²) in [6.45, 7) is -0.0207. The molecule has 0 saturated carbocycles. The number of thiophene rings is 1. The second-order valence-corrected chi connectivity index (χ2v) is 7.07. The predicted molar refractivity (Wildman–Crippen MR) is 116 cm³/mol. The molecule has 3 rings (SSSR count). The molecule has 0 fully saturated rings. The van der Waals surface area contributed by atoms with Crippen molar-refractivity contribution >= 4 is 34.1 Å². The molecule has 3 N–H and O–H groups in total. The maximum absolute atomic E-state index is 12.4. The first-order valence-electron chi connectivity index (χ1n) is 9.28. The summed E-state index contributed by atoms with van der Waals surface area (Å²) in [5.41, 5.74) is 5.62. The first-order chi connectivity index (χ1) is 15.0. The maximum atomic E-state index is 12.4. The lowest BCUT2D eigenvalue weighted by Gasteiger charge is -2.12. The van der Waals surface area contributed by atoms with Crippen molar-refractivity contribution in [2.45, 2.75) is 0 Å². The number of para-hydroxylation sites is 2. The molecule has 8 nitrogen and oxygen atoms in total. The number of hydrogen-bond donors (Lipinski definition) is 2. The molecule has 0 saturated heterocycles. The van der Waals surface area contributed by atoms with Crippen LogP contribution < -0.4 is 20.5 Å². The van der Waals surface area contributed by atoms with E-state index in [-0.39, 0.29) is 17.7 Å². The highest BCUT2D eigenvalue weighted by Gasteiger charge is 2.17. The quantitative estimate of drug-likeness (QED) is 0.370. The zero-order chi connectivity index (χ0) is 22.1. The van der Waals surface area contributed by atoms with Crippen LogP contribution in [0.25, 0.3) is 0 Å². The van der Waals surface area contributed by atoms with Gasteiger partial charge in [0.1, 0.15) is 35.3 Å². The van der Waals surface area contributed by atoms with Crippen LogP contribution in [0.1, 0.15) is 20.7 Å². The van der Waals surface area contributed by atoms with Crippen molar-refractivity contribution in [1.82, 2.24) is 0 Å². The molecule has 2 aromatic carbocycles. The molecule has 0 radical (unpaired) electrons. The first kappa shape index (κ1) is 21.8. The van der Waals surface area contributed by atoms with E-state index in [1.807, 2.05) is 30.3 Å². The van der Waals surface area contributed by atoms with Gasteiger partial charge in [-0.05, 0) is 35.7 Å². The Hall–Kier alpha value is -3.85. The molecule has 0 bridgehead atoms. The highest BCUT2D eigenvalue weighted by atomic mass is 32.1. The molecular weight excluding hydrogens is 420 g/mol. The van der Waals surface area contributed by atoms with Crippen molar-refractivity contribution in [3.05, 3.63) is 77.2 Å². The Morgan fingerprint density at radius 3 is 2.35 bits per heavy atom. The molecule has 0 atom stereocenters. The average Bonchev–Trinajstić information content (AvgIpc) is 3.24. The zero-order valence-electron chi connectivity index (χ0n) is 16.4. The Bertz CT molecular complexity index is 1050. The summed E-state index contributed by atoms with van der Waals surface area (Å²) < 4.78 is 16.3. The van der Waals surface area contributed by atoms with E-state index >= 15 is 0 Å². The number of nitrogens with one attached hydrogen (secondary N) is 1. The molecule has 31 heavy (non-hydrogen) atoms. The fourth-order valence-corrected chi connectivity index (χ4v) is 3.37. The van der Waals surface area contributed by atoms with E-state index in [0.29, 0.717) is 17.4 Å². The van der Waals surface area contributed by atoms with E-state index in [0.717, 1.165) is 17.1 Å². The van der Waals surface area contributed by atoms with Gasteiger partial charge in [-0.2, -0.15) is 0 Å². The number of nitrogens with two attached hydrogens (primary N) is 1. The van der Waals surface area contributed by atoms with Gasteiger partial charge in [-0.1, -0.05) is 30.3 Å². The van der Waals surface area contributed by atoms with Crippen molar-refractivity contribution in [3.8, 4) is 11.5 Å². The highest BCUT2D eigenvalue weighted by molar-refractivity contribution is 7.14. The van der Waals surface area contributed by atoms with E-state index < -0.39 is 24.4 Å². The lowest BCUT2D eigenvalue weighted by atomic mass is 10.2. The fourth-order valence-electron chi connectivity index (χ4n) is 2.56. The molecule has 0 aliphatic heterocycles. The van der Waals surface area contributed by atoms with Crippen LogP contribution in [0.15, 0.2) is 66.0 Å². The van der Waals surface area contributed by atoms with Crippen LogP contribution >= 0.6 is 11.3 Å². The van der Waals surface area contributed by atoms with Crippen molar-refractivity contribution in [2.24, 2.45) is 5.73 Å². The largest absolute Gasteiger partial charge is 0.490 e. The van der Waals surface area contributed by atoms with Crippen molar-refractivity contribution in [3.63, 3.8) is 0 Å². The summed E-state index contributed by atoms with van der Waals surface area (Å²) in [6.07, 6.45) is 0. The molecule has 1 aromatic heterocycles. The van der Waals surface area contributed by atoms with E-state index in [1.54, 1.807) is 23.6 Å². The summed E-state index contributed by atoms with van der Waals surface area (Å²) in [6, 6.07) is 17.3. The van der Waals surface area contributed by atoms with Crippen LogP contribution in [0.2, 0.25) is 0 Å². The van der Waals surface area contributed by atoms with E-state index in [9.17, 15) is 14.4 Å². The van der Waals surface area contributed by atoms with Crippen LogP contribution in [-0.4, -0.2) is 37.6 Å². The second-order valence-electron chi connectivity index (χ2n) is 6.16. The Morgan fingerprint density at radius 2 is 1.58 bits per heavy atom. The number of carbonyl (C=O) groups excluding carboxylic acids is 3. The van der Waals surface area contributed by atoms with Gasteiger partial charge in [-0.25, -0.2) is 4.79 Å². The van der Waals surface area contributed by atoms with Gasteiger partial charge in [-0.3, -0.25) is 9.59 Å². The Kier molecular flexibility index (Phi) is 7.61. The number of primary amides is 1. The van der Waals surface area contributed by atoms with Crippen molar-refractivity contribution < 1.29 is 28.6 Å². The summed E-state index contributed by atoms with van der Waals surface area (Å²) >= 11 is 1.14. The summed E-state index contributed by atoms with van der Waals surface area (Å²) in [7, 11) is 0. The van der Waals surface area contributed by atoms with Crippen LogP contribution in [0.5, 0.6) is 11.5 Å². The molecule has 160 valence electrons. The molecule has 0 aliphatic rings. The lowest BCUT2D eigenvalue weighted by molar-refractivity contribution is -0.119. The summed E-state index contributed by atoms with van der Waals surface area (Å²) in [5, 5.41) is 4.43. The lowest BCUT2D eigenvalue weighted by Crippen LogP contribution is -2.22. The number of hydrogen-bond acceptors (Lipinski definition) is 7. The SMILES string of the molecule is NC(=O)c1ccsc1NC(=O)COC(=O)c1ccccc1OCCOc1ccccc1. The van der Waals surface area contributed by atoms with Crippen molar-refractivity contribution in [2.75, 3.05) is 25.1 Å². The standard InChI is InChI=1S/C22H20N2O6S/c23-20(26)17-10-13-31-21(17)24-19(25)14-30-22(27)16-8-4-5-9-18(16)29-12-11-28-15-6-2-1-3-7-15/h1-10,13H,11-12,14H2,(H2,23,26)(H,24,25). The van der Waals surface area contributed by atoms with Gasteiger partial charge in [0.25, 0.3) is 11.8 Å². The van der Waals surface area contributed by atoms with Crippen molar-refractivity contribution in [1.29, 1.82) is 0 Å². The minimum Gasteiger partial charge on any atom is -0.490 e. The summed E-state index contributed by atoms with van der Waals surface area (Å²) in [4.78, 5) is 35.8. The summed E-state index contributed by atoms with van der Waals surface area (Å²) in [5.74, 6) is -0.922. The molecule has 9 heteroatoms. The van der Waals surface area contributed by atoms with Crippen LogP contribution in [0, 0.1) is 0 Å². The van der Waals surface area contributed by atoms with Gasteiger partial charge in [-0.15, -0.1) is 11.3 Å². The number of benzene rings is 2. The first-order valence-corrected chi connectivity index (χ1v) is 10.2. The number of ether oxygens (including phenoxy) is 3. The van der Waals surface area contributed by atoms with Gasteiger partial charge in [0.2, 0.25) is 0 Å². The Balaban J connectivity index is 1.50. The molecule has 3 aromatic rings. The number of amides is 2. The third-order valence-electron chi connectivity index (χ3n) is 3.98. The monoisotopic (exact) mass is 440 g/mol. The molecule has 1 heterocycles. The predicted octanol–water partition coefficient (Wildman–Crippen LogP) is 3.10. The van der Waals surface area contributed by atoms with Gasteiger partial charge in [0.15, 0.2) is 6.61 Å². The molecule has 0 unspecified atom stereocenters. The maximum Gasteiger partial charge on any atom is 0.342 e. The number of esters is 1. The van der Waals surface area contributed by atoms with Gasteiger partial charge >= 0.3 is 5.97 Å². The molecule has 2 amide bonds. The minimum atomic E-state index is -0.712. The number of carbonyl (C=O) groups is 3. The molecule has 0 aliphatic carbocycles. The van der Waals surface area contributed by atoms with Gasteiger partial charge < -0.3 is 25.3 Å². The van der Waals surface area contributed by atoms with Crippen LogP contribution in [0.3, 0.4) is 0 Å². The smallest absolute Gasteiger partial charge is 0.342 e. The molecule has 0 spiro atoms. The topological polar surface area (TPSA) is 117 Å². The van der Waals surface area contributed by atoms with Crippen LogP contribution in [-0.2, 0) is 9.53 Å². The number of rotatable bonds is 10. The number of anilines is 1. The zero-order valence-corrected chi connectivity index (χ0v) is 17.2. The third kappa shape index (κ3) is 6.31. The third-order valence-corrected chi connectivity index (χ3v) is 4.81.